The SMILES string of the molecule is CC(C)Cn1cc(-c2cc(NC3CCN(S(C)(=O)=O)CC3)c3cnccc3c2)cn1. The maximum Gasteiger partial charge on any atom is 0.211 e. The molecule has 160 valence electrons. The summed E-state index contributed by atoms with van der Waals surface area (Å²) in [5.41, 5.74) is 3.23. The number of nitrogens with zero attached hydrogens (tertiary/aromatic N) is 4. The van der Waals surface area contributed by atoms with E-state index < -0.39 is 10.0 Å². The number of piperidine rings is 1. The molecular formula is C22H29N5O2S. The first-order chi connectivity index (χ1) is 14.3. The van der Waals surface area contributed by atoms with E-state index in [4.69, 9.17) is 0 Å². The van der Waals surface area contributed by atoms with Crippen molar-refractivity contribution in [2.75, 3.05) is 24.7 Å². The van der Waals surface area contributed by atoms with Gasteiger partial charge in [-0.3, -0.25) is 9.67 Å². The summed E-state index contributed by atoms with van der Waals surface area (Å²) in [6, 6.07) is 6.58. The lowest BCUT2D eigenvalue weighted by atomic mass is 10.0. The van der Waals surface area contributed by atoms with E-state index in [1.165, 1.54) is 6.26 Å². The monoisotopic (exact) mass is 427 g/mol. The molecule has 1 aliphatic rings. The van der Waals surface area contributed by atoms with Gasteiger partial charge < -0.3 is 5.32 Å². The third-order valence-electron chi connectivity index (χ3n) is 5.56. The quantitative estimate of drug-likeness (QED) is 0.650. The van der Waals surface area contributed by atoms with Crippen molar-refractivity contribution >= 4 is 26.5 Å². The Morgan fingerprint density at radius 3 is 2.63 bits per heavy atom. The predicted octanol–water partition coefficient (Wildman–Crippen LogP) is 3.59. The average molecular weight is 428 g/mol. The normalized spacial score (nSPS) is 16.4. The van der Waals surface area contributed by atoms with E-state index in [0.717, 1.165) is 47.0 Å². The average Bonchev–Trinajstić information content (AvgIpc) is 3.15. The lowest BCUT2D eigenvalue weighted by Gasteiger charge is -2.31. The van der Waals surface area contributed by atoms with Crippen LogP contribution in [0.4, 0.5) is 5.69 Å². The highest BCUT2D eigenvalue weighted by molar-refractivity contribution is 7.88. The predicted molar refractivity (Wildman–Crippen MR) is 121 cm³/mol. The highest BCUT2D eigenvalue weighted by atomic mass is 32.2. The largest absolute Gasteiger partial charge is 0.382 e. The van der Waals surface area contributed by atoms with Gasteiger partial charge >= 0.3 is 0 Å². The molecule has 4 rings (SSSR count). The van der Waals surface area contributed by atoms with Gasteiger partial charge in [0, 0.05) is 60.9 Å². The van der Waals surface area contributed by atoms with Gasteiger partial charge in [0.2, 0.25) is 10.0 Å². The fourth-order valence-corrected chi connectivity index (χ4v) is 4.90. The molecule has 0 spiro atoms. The number of hydrogen-bond acceptors (Lipinski definition) is 5. The molecule has 2 aromatic heterocycles. The van der Waals surface area contributed by atoms with E-state index in [-0.39, 0.29) is 6.04 Å². The van der Waals surface area contributed by atoms with Crippen LogP contribution >= 0.6 is 0 Å². The summed E-state index contributed by atoms with van der Waals surface area (Å²) < 4.78 is 27.1. The second kappa shape index (κ2) is 8.35. The number of rotatable bonds is 6. The number of aromatic nitrogens is 3. The number of pyridine rings is 1. The second-order valence-corrected chi connectivity index (χ2v) is 10.5. The van der Waals surface area contributed by atoms with E-state index in [1.54, 1.807) is 4.31 Å². The van der Waals surface area contributed by atoms with Crippen LogP contribution in [-0.4, -0.2) is 52.9 Å². The molecule has 0 bridgehead atoms. The van der Waals surface area contributed by atoms with Gasteiger partial charge in [-0.25, -0.2) is 12.7 Å². The maximum absolute atomic E-state index is 11.8. The van der Waals surface area contributed by atoms with E-state index in [0.29, 0.717) is 19.0 Å². The smallest absolute Gasteiger partial charge is 0.211 e. The molecule has 0 aliphatic carbocycles. The Hall–Kier alpha value is -2.45. The topological polar surface area (TPSA) is 80.1 Å². The molecule has 0 atom stereocenters. The van der Waals surface area contributed by atoms with Crippen LogP contribution in [0.1, 0.15) is 26.7 Å². The number of benzene rings is 1. The lowest BCUT2D eigenvalue weighted by Crippen LogP contribution is -2.41. The molecule has 3 aromatic rings. The first-order valence-corrected chi connectivity index (χ1v) is 12.3. The second-order valence-electron chi connectivity index (χ2n) is 8.55. The zero-order valence-corrected chi connectivity index (χ0v) is 18.6. The van der Waals surface area contributed by atoms with Crippen LogP contribution in [0.15, 0.2) is 43.0 Å². The molecule has 0 amide bonds. The Labute approximate surface area is 178 Å². The summed E-state index contributed by atoms with van der Waals surface area (Å²) in [5.74, 6) is 0.537. The van der Waals surface area contributed by atoms with Gasteiger partial charge in [-0.2, -0.15) is 5.10 Å². The summed E-state index contributed by atoms with van der Waals surface area (Å²) in [5, 5.41) is 10.4. The number of nitrogens with one attached hydrogen (secondary N) is 1. The van der Waals surface area contributed by atoms with E-state index >= 15 is 0 Å². The third-order valence-corrected chi connectivity index (χ3v) is 6.86. The summed E-state index contributed by atoms with van der Waals surface area (Å²) in [7, 11) is -3.12. The van der Waals surface area contributed by atoms with Crippen LogP contribution in [0.25, 0.3) is 21.9 Å². The number of sulfonamides is 1. The van der Waals surface area contributed by atoms with Gasteiger partial charge in [0.15, 0.2) is 0 Å². The van der Waals surface area contributed by atoms with Crippen molar-refractivity contribution in [2.24, 2.45) is 5.92 Å². The van der Waals surface area contributed by atoms with Crippen molar-refractivity contribution in [3.63, 3.8) is 0 Å². The maximum atomic E-state index is 11.8. The summed E-state index contributed by atoms with van der Waals surface area (Å²) >= 11 is 0. The molecule has 1 N–H and O–H groups in total. The van der Waals surface area contributed by atoms with Crippen molar-refractivity contribution in [3.8, 4) is 11.1 Å². The van der Waals surface area contributed by atoms with Gasteiger partial charge in [-0.05, 0) is 47.9 Å². The fourth-order valence-electron chi connectivity index (χ4n) is 4.02. The molecule has 3 heterocycles. The zero-order valence-electron chi connectivity index (χ0n) is 17.7. The van der Waals surface area contributed by atoms with Crippen LogP contribution in [0.5, 0.6) is 0 Å². The van der Waals surface area contributed by atoms with Gasteiger partial charge in [-0.15, -0.1) is 0 Å². The van der Waals surface area contributed by atoms with Crippen molar-refractivity contribution < 1.29 is 8.42 Å². The molecule has 0 radical (unpaired) electrons. The van der Waals surface area contributed by atoms with Crippen LogP contribution in [0.2, 0.25) is 0 Å². The van der Waals surface area contributed by atoms with Crippen LogP contribution in [0.3, 0.4) is 0 Å². The molecule has 0 saturated carbocycles. The zero-order chi connectivity index (χ0) is 21.3. The van der Waals surface area contributed by atoms with Crippen LogP contribution in [-0.2, 0) is 16.6 Å². The van der Waals surface area contributed by atoms with Crippen molar-refractivity contribution in [3.05, 3.63) is 43.0 Å². The standard InChI is InChI=1S/C22H29N5O2S/c1-16(2)14-26-15-19(12-24-26)18-10-17-4-7-23-13-21(17)22(11-18)25-20-5-8-27(9-6-20)30(3,28)29/h4,7,10-13,15-16,20,25H,5-6,8-9,14H2,1-3H3. The molecule has 1 saturated heterocycles. The minimum atomic E-state index is -3.12. The summed E-state index contributed by atoms with van der Waals surface area (Å²) in [4.78, 5) is 4.31. The van der Waals surface area contributed by atoms with Crippen molar-refractivity contribution in [1.82, 2.24) is 19.1 Å². The lowest BCUT2D eigenvalue weighted by molar-refractivity contribution is 0.332. The Morgan fingerprint density at radius 2 is 1.93 bits per heavy atom. The summed E-state index contributed by atoms with van der Waals surface area (Å²) in [6.07, 6.45) is 10.5. The Bertz CT molecular complexity index is 1130. The van der Waals surface area contributed by atoms with Gasteiger partial charge in [0.25, 0.3) is 0 Å². The molecule has 8 heteroatoms. The number of hydrogen-bond donors (Lipinski definition) is 1. The highest BCUT2D eigenvalue weighted by Crippen LogP contribution is 2.32. The van der Waals surface area contributed by atoms with Crippen LogP contribution < -0.4 is 5.32 Å². The molecule has 1 aromatic carbocycles. The number of fused-ring (bicyclic) bond motifs is 1. The Morgan fingerprint density at radius 1 is 1.17 bits per heavy atom. The molecule has 7 nitrogen and oxygen atoms in total. The molecule has 0 unspecified atom stereocenters. The fraction of sp³-hybridized carbons (Fsp3) is 0.455. The third kappa shape index (κ3) is 4.65. The molecular weight excluding hydrogens is 398 g/mol. The molecule has 1 fully saturated rings. The minimum Gasteiger partial charge on any atom is -0.382 e. The number of anilines is 1. The van der Waals surface area contributed by atoms with Crippen molar-refractivity contribution in [2.45, 2.75) is 39.3 Å². The first kappa shape index (κ1) is 20.8. The highest BCUT2D eigenvalue weighted by Gasteiger charge is 2.25. The van der Waals surface area contributed by atoms with E-state index in [1.807, 2.05) is 29.3 Å². The Kier molecular flexibility index (Phi) is 5.79. The van der Waals surface area contributed by atoms with Gasteiger partial charge in [0.05, 0.1) is 12.5 Å². The Balaban J connectivity index is 1.61. The van der Waals surface area contributed by atoms with Gasteiger partial charge in [-0.1, -0.05) is 13.8 Å². The van der Waals surface area contributed by atoms with Gasteiger partial charge in [0.1, 0.15) is 0 Å². The van der Waals surface area contributed by atoms with Crippen LogP contribution in [0, 0.1) is 5.92 Å². The molecule has 30 heavy (non-hydrogen) atoms. The molecule has 1 aliphatic heterocycles. The van der Waals surface area contributed by atoms with E-state index in [9.17, 15) is 8.42 Å². The first-order valence-electron chi connectivity index (χ1n) is 10.4. The summed E-state index contributed by atoms with van der Waals surface area (Å²) in [6.45, 7) is 6.35. The van der Waals surface area contributed by atoms with Crippen molar-refractivity contribution in [1.29, 1.82) is 0 Å². The van der Waals surface area contributed by atoms with E-state index in [2.05, 4.69) is 47.6 Å². The minimum absolute atomic E-state index is 0.227.